The molecule has 20 heavy (non-hydrogen) atoms. The van der Waals surface area contributed by atoms with Crippen molar-refractivity contribution in [3.63, 3.8) is 0 Å². The van der Waals surface area contributed by atoms with Gasteiger partial charge in [0.1, 0.15) is 0 Å². The van der Waals surface area contributed by atoms with Crippen LogP contribution in [-0.2, 0) is 0 Å². The second-order valence-electron chi connectivity index (χ2n) is 5.43. The molecule has 4 heteroatoms. The number of guanidine groups is 1. The molecule has 0 saturated heterocycles. The second kappa shape index (κ2) is 5.13. The Morgan fingerprint density at radius 3 is 2.65 bits per heavy atom. The molecule has 0 amide bonds. The molecule has 2 aromatic carbocycles. The van der Waals surface area contributed by atoms with Crippen LogP contribution in [0.15, 0.2) is 41.4 Å². The summed E-state index contributed by atoms with van der Waals surface area (Å²) in [5.74, 6) is 0.593. The number of rotatable bonds is 4. The molecular weight excluding hydrogens is 248 g/mol. The molecule has 0 aliphatic carbocycles. The highest BCUT2D eigenvalue weighted by molar-refractivity contribution is 6.13. The number of hydrogen-bond donors (Lipinski definition) is 1. The number of aliphatic imine (C=N–C) groups is 1. The highest BCUT2D eigenvalue weighted by Gasteiger charge is 2.20. The second-order valence-corrected chi connectivity index (χ2v) is 5.43. The van der Waals surface area contributed by atoms with Crippen LogP contribution in [0.3, 0.4) is 0 Å². The summed E-state index contributed by atoms with van der Waals surface area (Å²) in [6.45, 7) is 1.93. The van der Waals surface area contributed by atoms with Gasteiger partial charge in [-0.1, -0.05) is 24.3 Å². The summed E-state index contributed by atoms with van der Waals surface area (Å²) in [6, 6.07) is 12.5. The van der Waals surface area contributed by atoms with Crippen LogP contribution in [0.1, 0.15) is 6.42 Å². The highest BCUT2D eigenvalue weighted by atomic mass is 15.3. The Morgan fingerprint density at radius 2 is 1.90 bits per heavy atom. The lowest BCUT2D eigenvalue weighted by Crippen LogP contribution is -2.40. The molecule has 1 heterocycles. The van der Waals surface area contributed by atoms with E-state index in [4.69, 9.17) is 5.73 Å². The van der Waals surface area contributed by atoms with Crippen molar-refractivity contribution in [1.29, 1.82) is 0 Å². The number of anilines is 1. The zero-order chi connectivity index (χ0) is 14.1. The zero-order valence-electron chi connectivity index (χ0n) is 12.0. The summed E-state index contributed by atoms with van der Waals surface area (Å²) in [7, 11) is 4.17. The lowest BCUT2D eigenvalue weighted by Gasteiger charge is -2.29. The normalized spacial score (nSPS) is 13.9. The molecule has 0 saturated carbocycles. The Hall–Kier alpha value is -2.07. The maximum absolute atomic E-state index is 6.15. The quantitative estimate of drug-likeness (QED) is 0.927. The highest BCUT2D eigenvalue weighted by Crippen LogP contribution is 2.37. The van der Waals surface area contributed by atoms with Crippen LogP contribution in [0.5, 0.6) is 0 Å². The van der Waals surface area contributed by atoms with Gasteiger partial charge in [-0.25, -0.2) is 4.99 Å². The Bertz CT molecular complexity index is 655. The van der Waals surface area contributed by atoms with Gasteiger partial charge in [-0.3, -0.25) is 0 Å². The molecule has 1 aliphatic rings. The molecule has 0 spiro atoms. The van der Waals surface area contributed by atoms with Crippen LogP contribution in [0.4, 0.5) is 11.4 Å². The summed E-state index contributed by atoms with van der Waals surface area (Å²) in [6.07, 6.45) is 1.06. The van der Waals surface area contributed by atoms with Crippen LogP contribution >= 0.6 is 0 Å². The SMILES string of the molecule is CN(C)CCCN1C(N)=Nc2cccc3cccc1c23. The lowest BCUT2D eigenvalue weighted by molar-refractivity contribution is 0.403. The molecule has 4 nitrogen and oxygen atoms in total. The summed E-state index contributed by atoms with van der Waals surface area (Å²) < 4.78 is 0. The molecule has 0 aromatic heterocycles. The van der Waals surface area contributed by atoms with Crippen LogP contribution in [0, 0.1) is 0 Å². The lowest BCUT2D eigenvalue weighted by atomic mass is 10.0. The van der Waals surface area contributed by atoms with E-state index in [1.54, 1.807) is 0 Å². The zero-order valence-corrected chi connectivity index (χ0v) is 12.0. The molecule has 0 radical (unpaired) electrons. The smallest absolute Gasteiger partial charge is 0.201 e. The molecule has 0 atom stereocenters. The summed E-state index contributed by atoms with van der Waals surface area (Å²) in [5.41, 5.74) is 8.29. The van der Waals surface area contributed by atoms with E-state index in [1.807, 2.05) is 12.1 Å². The maximum Gasteiger partial charge on any atom is 0.201 e. The van der Waals surface area contributed by atoms with Crippen molar-refractivity contribution in [3.8, 4) is 0 Å². The first-order valence-electron chi connectivity index (χ1n) is 6.95. The Labute approximate surface area is 119 Å². The van der Waals surface area contributed by atoms with Gasteiger partial charge in [-0.05, 0) is 44.6 Å². The van der Waals surface area contributed by atoms with Crippen molar-refractivity contribution in [1.82, 2.24) is 4.90 Å². The van der Waals surface area contributed by atoms with Gasteiger partial charge in [0.25, 0.3) is 0 Å². The van der Waals surface area contributed by atoms with E-state index in [9.17, 15) is 0 Å². The fraction of sp³-hybridized carbons (Fsp3) is 0.312. The van der Waals surface area contributed by atoms with E-state index in [1.165, 1.54) is 16.5 Å². The first-order valence-corrected chi connectivity index (χ1v) is 6.95. The molecule has 0 unspecified atom stereocenters. The maximum atomic E-state index is 6.15. The fourth-order valence-electron chi connectivity index (χ4n) is 2.71. The molecule has 2 N–H and O–H groups in total. The van der Waals surface area contributed by atoms with Crippen molar-refractivity contribution >= 4 is 28.1 Å². The number of benzene rings is 2. The van der Waals surface area contributed by atoms with Gasteiger partial charge in [0.2, 0.25) is 5.96 Å². The van der Waals surface area contributed by atoms with Crippen LogP contribution in [0.25, 0.3) is 10.8 Å². The first-order chi connectivity index (χ1) is 9.66. The molecule has 2 aromatic rings. The minimum Gasteiger partial charge on any atom is -0.369 e. The van der Waals surface area contributed by atoms with Gasteiger partial charge in [-0.2, -0.15) is 0 Å². The van der Waals surface area contributed by atoms with Gasteiger partial charge in [-0.15, -0.1) is 0 Å². The van der Waals surface area contributed by atoms with Gasteiger partial charge >= 0.3 is 0 Å². The average Bonchev–Trinajstić information content (AvgIpc) is 2.42. The predicted octanol–water partition coefficient (Wildman–Crippen LogP) is 2.56. The summed E-state index contributed by atoms with van der Waals surface area (Å²) >= 11 is 0. The third-order valence-electron chi connectivity index (χ3n) is 3.65. The molecule has 0 bridgehead atoms. The minimum absolute atomic E-state index is 0.593. The van der Waals surface area contributed by atoms with E-state index in [-0.39, 0.29) is 0 Å². The summed E-state index contributed by atoms with van der Waals surface area (Å²) in [5, 5.41) is 2.42. The van der Waals surface area contributed by atoms with Gasteiger partial charge in [0, 0.05) is 11.9 Å². The van der Waals surface area contributed by atoms with Crippen molar-refractivity contribution in [3.05, 3.63) is 36.4 Å². The Morgan fingerprint density at radius 1 is 1.15 bits per heavy atom. The van der Waals surface area contributed by atoms with Crippen molar-refractivity contribution in [2.75, 3.05) is 32.1 Å². The van der Waals surface area contributed by atoms with E-state index >= 15 is 0 Å². The molecular formula is C16H20N4. The van der Waals surface area contributed by atoms with Gasteiger partial charge in [0.05, 0.1) is 11.4 Å². The van der Waals surface area contributed by atoms with E-state index in [0.717, 1.165) is 25.2 Å². The van der Waals surface area contributed by atoms with Gasteiger partial charge in [0.15, 0.2) is 0 Å². The van der Waals surface area contributed by atoms with Crippen molar-refractivity contribution in [2.45, 2.75) is 6.42 Å². The molecule has 1 aliphatic heterocycles. The Balaban J connectivity index is 1.98. The standard InChI is InChI=1S/C16H20N4/c1-19(2)10-5-11-20-14-9-4-7-12-6-3-8-13(15(12)14)18-16(20)17/h3-4,6-9H,5,10-11H2,1-2H3,(H2,17,18). The Kier molecular flexibility index (Phi) is 3.32. The number of nitrogens with two attached hydrogens (primary N) is 1. The number of nitrogens with zero attached hydrogens (tertiary/aromatic N) is 3. The van der Waals surface area contributed by atoms with Crippen molar-refractivity contribution in [2.24, 2.45) is 10.7 Å². The van der Waals surface area contributed by atoms with E-state index in [2.05, 4.69) is 53.2 Å². The topological polar surface area (TPSA) is 44.9 Å². The number of hydrogen-bond acceptors (Lipinski definition) is 4. The fourth-order valence-corrected chi connectivity index (χ4v) is 2.71. The molecule has 104 valence electrons. The minimum atomic E-state index is 0.593. The van der Waals surface area contributed by atoms with E-state index in [0.29, 0.717) is 5.96 Å². The van der Waals surface area contributed by atoms with E-state index < -0.39 is 0 Å². The third kappa shape index (κ3) is 2.23. The van der Waals surface area contributed by atoms with Gasteiger partial charge < -0.3 is 15.5 Å². The first kappa shape index (κ1) is 12.9. The molecule has 0 fully saturated rings. The van der Waals surface area contributed by atoms with Crippen LogP contribution in [0.2, 0.25) is 0 Å². The van der Waals surface area contributed by atoms with Crippen LogP contribution in [-0.4, -0.2) is 38.0 Å². The van der Waals surface area contributed by atoms with Crippen LogP contribution < -0.4 is 10.6 Å². The average molecular weight is 268 g/mol. The van der Waals surface area contributed by atoms with Crippen molar-refractivity contribution < 1.29 is 0 Å². The largest absolute Gasteiger partial charge is 0.369 e. The third-order valence-corrected chi connectivity index (χ3v) is 3.65. The monoisotopic (exact) mass is 268 g/mol. The molecule has 3 rings (SSSR count). The summed E-state index contributed by atoms with van der Waals surface area (Å²) in [4.78, 5) is 8.86. The predicted molar refractivity (Wildman–Crippen MR) is 85.7 cm³/mol.